The van der Waals surface area contributed by atoms with Crippen LogP contribution in [0.3, 0.4) is 0 Å². The highest BCUT2D eigenvalue weighted by Gasteiger charge is 2.30. The second-order valence-electron chi connectivity index (χ2n) is 4.39. The number of aliphatic hydroxyl groups is 1. The molecular weight excluding hydrogens is 188 g/mol. The minimum atomic E-state index is -0.0986. The summed E-state index contributed by atoms with van der Waals surface area (Å²) in [5.41, 5.74) is 3.60. The van der Waals surface area contributed by atoms with Gasteiger partial charge in [-0.2, -0.15) is 0 Å². The third-order valence-corrected chi connectivity index (χ3v) is 3.32. The van der Waals surface area contributed by atoms with Crippen LogP contribution in [-0.4, -0.2) is 20.8 Å². The fourth-order valence-electron chi connectivity index (χ4n) is 2.41. The van der Waals surface area contributed by atoms with Crippen LogP contribution < -0.4 is 0 Å². The third-order valence-electron chi connectivity index (χ3n) is 3.32. The maximum Gasteiger partial charge on any atom is 0.0955 e. The van der Waals surface area contributed by atoms with E-state index in [1.807, 2.05) is 19.4 Å². The summed E-state index contributed by atoms with van der Waals surface area (Å²) in [6.07, 6.45) is 3.54. The van der Waals surface area contributed by atoms with Crippen molar-refractivity contribution in [3.05, 3.63) is 30.1 Å². The van der Waals surface area contributed by atoms with Gasteiger partial charge in [-0.3, -0.25) is 0 Å². The Morgan fingerprint density at radius 2 is 2.20 bits per heavy atom. The summed E-state index contributed by atoms with van der Waals surface area (Å²) in [6, 6.07) is 6.24. The molecule has 1 N–H and O–H groups in total. The fraction of sp³-hybridized carbons (Fsp3) is 0.417. The lowest BCUT2D eigenvalue weighted by atomic mass is 9.77. The van der Waals surface area contributed by atoms with Crippen LogP contribution >= 0.6 is 0 Å². The second kappa shape index (κ2) is 3.07. The Labute approximate surface area is 88.4 Å². The van der Waals surface area contributed by atoms with Crippen LogP contribution in [0.2, 0.25) is 0 Å². The number of rotatable bonds is 1. The molecule has 0 spiro atoms. The molecule has 3 heteroatoms. The van der Waals surface area contributed by atoms with Gasteiger partial charge in [-0.1, -0.05) is 12.1 Å². The van der Waals surface area contributed by atoms with Crippen LogP contribution in [0.4, 0.5) is 0 Å². The van der Waals surface area contributed by atoms with E-state index in [1.54, 1.807) is 0 Å². The number of para-hydroxylation sites is 1. The molecule has 1 heterocycles. The summed E-state index contributed by atoms with van der Waals surface area (Å²) in [5.74, 6) is 0.513. The van der Waals surface area contributed by atoms with Gasteiger partial charge in [0.25, 0.3) is 0 Å². The van der Waals surface area contributed by atoms with Gasteiger partial charge in [0, 0.05) is 7.05 Å². The summed E-state index contributed by atoms with van der Waals surface area (Å²) in [6.45, 7) is 0. The van der Waals surface area contributed by atoms with Crippen LogP contribution in [0.25, 0.3) is 11.0 Å². The number of benzene rings is 1. The van der Waals surface area contributed by atoms with Crippen LogP contribution in [0, 0.1) is 0 Å². The van der Waals surface area contributed by atoms with Gasteiger partial charge in [-0.15, -0.1) is 0 Å². The number of fused-ring (bicyclic) bond motifs is 1. The van der Waals surface area contributed by atoms with E-state index in [0.717, 1.165) is 18.4 Å². The maximum absolute atomic E-state index is 9.35. The molecule has 0 saturated heterocycles. The minimum absolute atomic E-state index is 0.0986. The van der Waals surface area contributed by atoms with Gasteiger partial charge in [0.1, 0.15) is 0 Å². The first-order valence-electron chi connectivity index (χ1n) is 5.33. The number of imidazole rings is 1. The average Bonchev–Trinajstić information content (AvgIpc) is 2.56. The maximum atomic E-state index is 9.35. The second-order valence-corrected chi connectivity index (χ2v) is 4.39. The van der Waals surface area contributed by atoms with Gasteiger partial charge in [0.05, 0.1) is 23.5 Å². The molecule has 1 aromatic heterocycles. The largest absolute Gasteiger partial charge is 0.393 e. The van der Waals surface area contributed by atoms with Crippen molar-refractivity contribution in [2.45, 2.75) is 24.9 Å². The monoisotopic (exact) mass is 202 g/mol. The molecule has 0 unspecified atom stereocenters. The molecule has 1 aromatic carbocycles. The van der Waals surface area contributed by atoms with Crippen molar-refractivity contribution >= 4 is 11.0 Å². The van der Waals surface area contributed by atoms with Crippen molar-refractivity contribution in [1.82, 2.24) is 9.55 Å². The first-order chi connectivity index (χ1) is 7.25. The summed E-state index contributed by atoms with van der Waals surface area (Å²) in [5, 5.41) is 9.35. The van der Waals surface area contributed by atoms with Gasteiger partial charge in [0.2, 0.25) is 0 Å². The lowest BCUT2D eigenvalue weighted by Crippen LogP contribution is -2.26. The van der Waals surface area contributed by atoms with E-state index in [4.69, 9.17) is 0 Å². The van der Waals surface area contributed by atoms with E-state index in [2.05, 4.69) is 21.7 Å². The zero-order valence-corrected chi connectivity index (χ0v) is 8.72. The molecule has 0 radical (unpaired) electrons. The predicted molar refractivity (Wildman–Crippen MR) is 58.7 cm³/mol. The van der Waals surface area contributed by atoms with E-state index in [9.17, 15) is 5.11 Å². The van der Waals surface area contributed by atoms with Gasteiger partial charge in [0.15, 0.2) is 0 Å². The van der Waals surface area contributed by atoms with E-state index >= 15 is 0 Å². The highest BCUT2D eigenvalue weighted by molar-refractivity contribution is 5.79. The van der Waals surface area contributed by atoms with Crippen molar-refractivity contribution in [2.24, 2.45) is 7.05 Å². The molecule has 0 bridgehead atoms. The molecule has 0 atom stereocenters. The molecule has 3 rings (SSSR count). The van der Waals surface area contributed by atoms with Crippen LogP contribution in [0.15, 0.2) is 24.5 Å². The highest BCUT2D eigenvalue weighted by Crippen LogP contribution is 2.39. The lowest BCUT2D eigenvalue weighted by Gasteiger charge is -2.32. The summed E-state index contributed by atoms with van der Waals surface area (Å²) >= 11 is 0. The molecule has 0 aliphatic heterocycles. The topological polar surface area (TPSA) is 38.0 Å². The molecule has 78 valence electrons. The molecule has 3 nitrogen and oxygen atoms in total. The zero-order valence-electron chi connectivity index (χ0n) is 8.72. The van der Waals surface area contributed by atoms with Gasteiger partial charge in [-0.05, 0) is 30.4 Å². The third kappa shape index (κ3) is 1.27. The Morgan fingerprint density at radius 1 is 1.40 bits per heavy atom. The molecule has 1 aliphatic rings. The van der Waals surface area contributed by atoms with Crippen LogP contribution in [0.1, 0.15) is 24.3 Å². The van der Waals surface area contributed by atoms with Crippen molar-refractivity contribution < 1.29 is 5.11 Å². The van der Waals surface area contributed by atoms with Crippen molar-refractivity contribution in [3.8, 4) is 0 Å². The molecule has 15 heavy (non-hydrogen) atoms. The van der Waals surface area contributed by atoms with Gasteiger partial charge >= 0.3 is 0 Å². The predicted octanol–water partition coefficient (Wildman–Crippen LogP) is 1.81. The van der Waals surface area contributed by atoms with Gasteiger partial charge < -0.3 is 9.67 Å². The van der Waals surface area contributed by atoms with Crippen LogP contribution in [-0.2, 0) is 7.05 Å². The fourth-order valence-corrected chi connectivity index (χ4v) is 2.41. The van der Waals surface area contributed by atoms with E-state index in [1.165, 1.54) is 11.1 Å². The first-order valence-corrected chi connectivity index (χ1v) is 5.33. The number of aryl methyl sites for hydroxylation is 1. The minimum Gasteiger partial charge on any atom is -0.393 e. The summed E-state index contributed by atoms with van der Waals surface area (Å²) in [4.78, 5) is 4.34. The SMILES string of the molecule is Cn1cnc2cccc(C3CC(O)C3)c21. The van der Waals surface area contributed by atoms with Crippen molar-refractivity contribution in [2.75, 3.05) is 0 Å². The Morgan fingerprint density at radius 3 is 2.93 bits per heavy atom. The normalized spacial score (nSPS) is 25.5. The Balaban J connectivity index is 2.13. The van der Waals surface area contributed by atoms with E-state index in [-0.39, 0.29) is 6.10 Å². The average molecular weight is 202 g/mol. The molecule has 2 aromatic rings. The number of nitrogens with zero attached hydrogens (tertiary/aromatic N) is 2. The smallest absolute Gasteiger partial charge is 0.0955 e. The Kier molecular flexibility index (Phi) is 1.83. The first kappa shape index (κ1) is 8.92. The van der Waals surface area contributed by atoms with Crippen molar-refractivity contribution in [3.63, 3.8) is 0 Å². The van der Waals surface area contributed by atoms with Crippen molar-refractivity contribution in [1.29, 1.82) is 0 Å². The molecule has 1 saturated carbocycles. The highest BCUT2D eigenvalue weighted by atomic mass is 16.3. The van der Waals surface area contributed by atoms with E-state index < -0.39 is 0 Å². The molecule has 1 fully saturated rings. The lowest BCUT2D eigenvalue weighted by molar-refractivity contribution is 0.0750. The van der Waals surface area contributed by atoms with Gasteiger partial charge in [-0.25, -0.2) is 4.98 Å². The molecule has 1 aliphatic carbocycles. The number of aliphatic hydroxyl groups excluding tert-OH is 1. The summed E-state index contributed by atoms with van der Waals surface area (Å²) < 4.78 is 2.06. The number of hydrogen-bond acceptors (Lipinski definition) is 2. The molecule has 0 amide bonds. The summed E-state index contributed by atoms with van der Waals surface area (Å²) in [7, 11) is 2.02. The standard InChI is InChI=1S/C12H14N2O/c1-14-7-13-11-4-2-3-10(12(11)14)8-5-9(15)6-8/h2-4,7-9,15H,5-6H2,1H3. The number of hydrogen-bond donors (Lipinski definition) is 1. The van der Waals surface area contributed by atoms with Crippen LogP contribution in [0.5, 0.6) is 0 Å². The molecular formula is C12H14N2O. The zero-order chi connectivity index (χ0) is 10.4. The quantitative estimate of drug-likeness (QED) is 0.766. The Bertz CT molecular complexity index is 497. The Hall–Kier alpha value is -1.35. The number of aromatic nitrogens is 2. The van der Waals surface area contributed by atoms with E-state index in [0.29, 0.717) is 5.92 Å².